The summed E-state index contributed by atoms with van der Waals surface area (Å²) in [5.74, 6) is 0.904. The van der Waals surface area contributed by atoms with Crippen molar-refractivity contribution in [2.24, 2.45) is 7.05 Å². The summed E-state index contributed by atoms with van der Waals surface area (Å²) in [7, 11) is 1.93. The molecule has 0 saturated carbocycles. The molecule has 16 heavy (non-hydrogen) atoms. The van der Waals surface area contributed by atoms with E-state index in [1.165, 1.54) is 5.56 Å². The lowest BCUT2D eigenvalue weighted by Crippen LogP contribution is -1.99. The van der Waals surface area contributed by atoms with Gasteiger partial charge in [0.2, 0.25) is 0 Å². The Kier molecular flexibility index (Phi) is 2.79. The van der Waals surface area contributed by atoms with Crippen molar-refractivity contribution in [3.05, 3.63) is 41.2 Å². The molecule has 1 N–H and O–H groups in total. The highest BCUT2D eigenvalue weighted by Crippen LogP contribution is 2.21. The lowest BCUT2D eigenvalue weighted by molar-refractivity contribution is 0.272. The number of aromatic nitrogens is 2. The van der Waals surface area contributed by atoms with Crippen LogP contribution in [0.3, 0.4) is 0 Å². The Balaban J connectivity index is 2.52. The quantitative estimate of drug-likeness (QED) is 0.835. The maximum atomic E-state index is 9.24. The molecule has 0 aliphatic carbocycles. The van der Waals surface area contributed by atoms with Gasteiger partial charge in [0, 0.05) is 12.6 Å². The molecule has 0 fully saturated rings. The summed E-state index contributed by atoms with van der Waals surface area (Å²) < 4.78 is 1.94. The number of benzene rings is 1. The van der Waals surface area contributed by atoms with Gasteiger partial charge in [-0.15, -0.1) is 0 Å². The topological polar surface area (TPSA) is 38.1 Å². The first-order chi connectivity index (χ1) is 7.63. The fraction of sp³-hybridized carbons (Fsp3) is 0.308. The molecule has 84 valence electrons. The molecule has 0 unspecified atom stereocenters. The Morgan fingerprint density at radius 3 is 2.31 bits per heavy atom. The summed E-state index contributed by atoms with van der Waals surface area (Å²) in [6.07, 6.45) is 0. The monoisotopic (exact) mass is 216 g/mol. The predicted molar refractivity (Wildman–Crippen MR) is 64.0 cm³/mol. The second-order valence-electron chi connectivity index (χ2n) is 4.05. The van der Waals surface area contributed by atoms with Gasteiger partial charge < -0.3 is 9.67 Å². The predicted octanol–water partition coefficient (Wildman–Crippen LogP) is 2.20. The number of nitrogens with zero attached hydrogens (tertiary/aromatic N) is 2. The van der Waals surface area contributed by atoms with Gasteiger partial charge in [0.15, 0.2) is 0 Å². The number of rotatable bonds is 2. The van der Waals surface area contributed by atoms with Gasteiger partial charge in [0.05, 0.1) is 18.0 Å². The van der Waals surface area contributed by atoms with E-state index in [4.69, 9.17) is 0 Å². The molecule has 0 radical (unpaired) electrons. The fourth-order valence-electron chi connectivity index (χ4n) is 1.85. The second-order valence-corrected chi connectivity index (χ2v) is 4.05. The zero-order valence-corrected chi connectivity index (χ0v) is 9.86. The van der Waals surface area contributed by atoms with Crippen LogP contribution in [0.25, 0.3) is 11.4 Å². The highest BCUT2D eigenvalue weighted by Gasteiger charge is 2.11. The van der Waals surface area contributed by atoms with E-state index in [0.29, 0.717) is 0 Å². The van der Waals surface area contributed by atoms with Crippen molar-refractivity contribution in [3.8, 4) is 11.4 Å². The van der Waals surface area contributed by atoms with E-state index in [0.717, 1.165) is 22.8 Å². The van der Waals surface area contributed by atoms with Gasteiger partial charge in [-0.05, 0) is 13.8 Å². The average molecular weight is 216 g/mol. The van der Waals surface area contributed by atoms with Crippen LogP contribution in [0.1, 0.15) is 17.0 Å². The Morgan fingerprint density at radius 1 is 1.19 bits per heavy atom. The first kappa shape index (κ1) is 10.9. The Labute approximate surface area is 95.4 Å². The molecule has 0 spiro atoms. The SMILES string of the molecule is Cc1ccc(-c2nc(C)c(CO)n2C)cc1. The molecule has 1 aromatic carbocycles. The van der Waals surface area contributed by atoms with Gasteiger partial charge in [-0.25, -0.2) is 4.98 Å². The summed E-state index contributed by atoms with van der Waals surface area (Å²) in [5, 5.41) is 9.24. The van der Waals surface area contributed by atoms with Crippen molar-refractivity contribution in [1.29, 1.82) is 0 Å². The average Bonchev–Trinajstić information content (AvgIpc) is 2.55. The van der Waals surface area contributed by atoms with Crippen molar-refractivity contribution in [3.63, 3.8) is 0 Å². The van der Waals surface area contributed by atoms with Crippen molar-refractivity contribution >= 4 is 0 Å². The molecule has 0 aliphatic heterocycles. The molecule has 0 saturated heterocycles. The third-order valence-electron chi connectivity index (χ3n) is 2.87. The van der Waals surface area contributed by atoms with Gasteiger partial charge in [-0.2, -0.15) is 0 Å². The fourth-order valence-corrected chi connectivity index (χ4v) is 1.85. The van der Waals surface area contributed by atoms with Crippen LogP contribution in [0.5, 0.6) is 0 Å². The van der Waals surface area contributed by atoms with Crippen LogP contribution in [-0.4, -0.2) is 14.7 Å². The minimum atomic E-state index is 0.0290. The zero-order chi connectivity index (χ0) is 11.7. The van der Waals surface area contributed by atoms with E-state index >= 15 is 0 Å². The maximum Gasteiger partial charge on any atom is 0.140 e. The van der Waals surface area contributed by atoms with E-state index in [1.807, 2.05) is 18.5 Å². The van der Waals surface area contributed by atoms with Gasteiger partial charge in [-0.3, -0.25) is 0 Å². The van der Waals surface area contributed by atoms with E-state index < -0.39 is 0 Å². The summed E-state index contributed by atoms with van der Waals surface area (Å²) in [6, 6.07) is 8.24. The summed E-state index contributed by atoms with van der Waals surface area (Å²) in [5.41, 5.74) is 4.07. The molecule has 0 aliphatic rings. The lowest BCUT2D eigenvalue weighted by atomic mass is 10.1. The second kappa shape index (κ2) is 4.10. The number of aryl methyl sites for hydroxylation is 2. The summed E-state index contributed by atoms with van der Waals surface area (Å²) in [6.45, 7) is 4.01. The number of aliphatic hydroxyl groups is 1. The van der Waals surface area contributed by atoms with Crippen LogP contribution in [0.15, 0.2) is 24.3 Å². The van der Waals surface area contributed by atoms with Gasteiger partial charge in [0.25, 0.3) is 0 Å². The van der Waals surface area contributed by atoms with E-state index in [-0.39, 0.29) is 6.61 Å². The zero-order valence-electron chi connectivity index (χ0n) is 9.86. The molecule has 2 aromatic rings. The number of hydrogen-bond acceptors (Lipinski definition) is 2. The summed E-state index contributed by atoms with van der Waals surface area (Å²) in [4.78, 5) is 4.48. The molecular formula is C13H16N2O. The Bertz CT molecular complexity index is 497. The van der Waals surface area contributed by atoms with Gasteiger partial charge in [0.1, 0.15) is 5.82 Å². The van der Waals surface area contributed by atoms with E-state index in [1.54, 1.807) is 0 Å². The van der Waals surface area contributed by atoms with Crippen LogP contribution < -0.4 is 0 Å². The smallest absolute Gasteiger partial charge is 0.140 e. The molecule has 2 rings (SSSR count). The molecule has 0 atom stereocenters. The minimum Gasteiger partial charge on any atom is -0.390 e. The minimum absolute atomic E-state index is 0.0290. The van der Waals surface area contributed by atoms with Crippen molar-refractivity contribution in [2.75, 3.05) is 0 Å². The number of imidazole rings is 1. The third kappa shape index (κ3) is 1.74. The highest BCUT2D eigenvalue weighted by atomic mass is 16.3. The molecule has 1 heterocycles. The molecule has 0 amide bonds. The third-order valence-corrected chi connectivity index (χ3v) is 2.87. The van der Waals surface area contributed by atoms with Gasteiger partial charge in [-0.1, -0.05) is 29.8 Å². The first-order valence-corrected chi connectivity index (χ1v) is 5.33. The number of hydrogen-bond donors (Lipinski definition) is 1. The van der Waals surface area contributed by atoms with Crippen LogP contribution in [0.4, 0.5) is 0 Å². The van der Waals surface area contributed by atoms with Crippen molar-refractivity contribution in [2.45, 2.75) is 20.5 Å². The maximum absolute atomic E-state index is 9.24. The van der Waals surface area contributed by atoms with Crippen molar-refractivity contribution < 1.29 is 5.11 Å². The molecule has 3 heteroatoms. The Morgan fingerprint density at radius 2 is 1.81 bits per heavy atom. The highest BCUT2D eigenvalue weighted by molar-refractivity contribution is 5.57. The Hall–Kier alpha value is -1.61. The van der Waals surface area contributed by atoms with E-state index in [9.17, 15) is 5.11 Å². The largest absolute Gasteiger partial charge is 0.390 e. The molecular weight excluding hydrogens is 200 g/mol. The molecule has 3 nitrogen and oxygen atoms in total. The summed E-state index contributed by atoms with van der Waals surface area (Å²) >= 11 is 0. The first-order valence-electron chi connectivity index (χ1n) is 5.33. The number of aliphatic hydroxyl groups excluding tert-OH is 1. The standard InChI is InChI=1S/C13H16N2O/c1-9-4-6-11(7-5-9)13-14-10(2)12(8-16)15(13)3/h4-7,16H,8H2,1-3H3. The molecule has 1 aromatic heterocycles. The normalized spacial score (nSPS) is 10.8. The lowest BCUT2D eigenvalue weighted by Gasteiger charge is -2.04. The van der Waals surface area contributed by atoms with Crippen molar-refractivity contribution in [1.82, 2.24) is 9.55 Å². The molecule has 0 bridgehead atoms. The van der Waals surface area contributed by atoms with Crippen LogP contribution in [0.2, 0.25) is 0 Å². The van der Waals surface area contributed by atoms with E-state index in [2.05, 4.69) is 36.2 Å². The van der Waals surface area contributed by atoms with Crippen LogP contribution >= 0.6 is 0 Å². The van der Waals surface area contributed by atoms with Crippen LogP contribution in [-0.2, 0) is 13.7 Å². The van der Waals surface area contributed by atoms with Gasteiger partial charge >= 0.3 is 0 Å². The van der Waals surface area contributed by atoms with Crippen LogP contribution in [0, 0.1) is 13.8 Å².